The lowest BCUT2D eigenvalue weighted by molar-refractivity contribution is 0.386. The van der Waals surface area contributed by atoms with Crippen molar-refractivity contribution in [3.05, 3.63) is 24.0 Å². The Labute approximate surface area is 103 Å². The Morgan fingerprint density at radius 3 is 2.88 bits per heavy atom. The highest BCUT2D eigenvalue weighted by atomic mass is 35.5. The largest absolute Gasteiger partial charge is 0.368 e. The summed E-state index contributed by atoms with van der Waals surface area (Å²) >= 11 is 5.79. The number of pyridine rings is 1. The minimum Gasteiger partial charge on any atom is -0.368 e. The number of halogens is 1. The third-order valence-electron chi connectivity index (χ3n) is 3.26. The van der Waals surface area contributed by atoms with Crippen molar-refractivity contribution in [2.45, 2.75) is 38.6 Å². The fourth-order valence-corrected chi connectivity index (χ4v) is 2.28. The smallest absolute Gasteiger partial charge is 0.0402 e. The van der Waals surface area contributed by atoms with Gasteiger partial charge in [-0.05, 0) is 44.7 Å². The molecule has 16 heavy (non-hydrogen) atoms. The van der Waals surface area contributed by atoms with E-state index in [1.165, 1.54) is 24.9 Å². The topological polar surface area (TPSA) is 16.1 Å². The molecular weight excluding hydrogens is 220 g/mol. The van der Waals surface area contributed by atoms with E-state index in [-0.39, 0.29) is 0 Å². The van der Waals surface area contributed by atoms with E-state index in [1.54, 1.807) is 0 Å². The van der Waals surface area contributed by atoms with Crippen LogP contribution >= 0.6 is 11.6 Å². The van der Waals surface area contributed by atoms with Crippen molar-refractivity contribution in [3.63, 3.8) is 0 Å². The van der Waals surface area contributed by atoms with E-state index in [4.69, 9.17) is 11.6 Å². The first-order chi connectivity index (χ1) is 7.81. The van der Waals surface area contributed by atoms with Gasteiger partial charge in [0.2, 0.25) is 0 Å². The molecule has 2 rings (SSSR count). The zero-order valence-electron chi connectivity index (χ0n) is 9.82. The normalized spacial score (nSPS) is 15.9. The quantitative estimate of drug-likeness (QED) is 0.732. The number of hydrogen-bond acceptors (Lipinski definition) is 2. The average molecular weight is 239 g/mol. The monoisotopic (exact) mass is 238 g/mol. The van der Waals surface area contributed by atoms with Crippen molar-refractivity contribution in [1.29, 1.82) is 0 Å². The van der Waals surface area contributed by atoms with Crippen LogP contribution in [-0.2, 0) is 0 Å². The van der Waals surface area contributed by atoms with E-state index in [9.17, 15) is 0 Å². The van der Waals surface area contributed by atoms with Crippen LogP contribution in [-0.4, -0.2) is 23.5 Å². The second-order valence-corrected chi connectivity index (χ2v) is 4.85. The first kappa shape index (κ1) is 11.7. The summed E-state index contributed by atoms with van der Waals surface area (Å²) in [4.78, 5) is 6.75. The highest BCUT2D eigenvalue weighted by Crippen LogP contribution is 2.29. The Balaban J connectivity index is 2.10. The standard InChI is InChI=1S/C13H19ClN2/c1-11-10-13(6-8-15-11)16(9-3-7-14)12-4-2-5-12/h6,8,10,12H,2-5,7,9H2,1H3. The molecule has 0 saturated heterocycles. The van der Waals surface area contributed by atoms with Crippen LogP contribution in [0.25, 0.3) is 0 Å². The zero-order valence-corrected chi connectivity index (χ0v) is 10.6. The molecule has 0 radical (unpaired) electrons. The molecule has 0 atom stereocenters. The number of hydrogen-bond donors (Lipinski definition) is 0. The van der Waals surface area contributed by atoms with Gasteiger partial charge in [0, 0.05) is 36.0 Å². The summed E-state index contributed by atoms with van der Waals surface area (Å²) in [5.74, 6) is 0.743. The lowest BCUT2D eigenvalue weighted by Gasteiger charge is -2.39. The fourth-order valence-electron chi connectivity index (χ4n) is 2.16. The molecule has 0 aromatic carbocycles. The molecule has 1 heterocycles. The molecule has 0 amide bonds. The van der Waals surface area contributed by atoms with Gasteiger partial charge in [0.1, 0.15) is 0 Å². The maximum Gasteiger partial charge on any atom is 0.0402 e. The molecule has 2 nitrogen and oxygen atoms in total. The number of rotatable bonds is 5. The molecule has 0 N–H and O–H groups in total. The summed E-state index contributed by atoms with van der Waals surface area (Å²) in [5.41, 5.74) is 2.40. The van der Waals surface area contributed by atoms with Crippen LogP contribution in [0.15, 0.2) is 18.3 Å². The number of nitrogens with zero attached hydrogens (tertiary/aromatic N) is 2. The lowest BCUT2D eigenvalue weighted by atomic mass is 9.91. The Kier molecular flexibility index (Phi) is 4.05. The molecule has 3 heteroatoms. The van der Waals surface area contributed by atoms with Gasteiger partial charge in [-0.3, -0.25) is 4.98 Å². The van der Waals surface area contributed by atoms with E-state index in [2.05, 4.69) is 22.0 Å². The Morgan fingerprint density at radius 1 is 1.50 bits per heavy atom. The molecule has 1 aromatic heterocycles. The van der Waals surface area contributed by atoms with Gasteiger partial charge in [-0.15, -0.1) is 11.6 Å². The molecule has 0 aliphatic heterocycles. The molecule has 88 valence electrons. The van der Waals surface area contributed by atoms with Gasteiger partial charge in [-0.25, -0.2) is 0 Å². The van der Waals surface area contributed by atoms with Crippen molar-refractivity contribution in [3.8, 4) is 0 Å². The van der Waals surface area contributed by atoms with Crippen LogP contribution in [0, 0.1) is 6.92 Å². The first-order valence-electron chi connectivity index (χ1n) is 6.06. The average Bonchev–Trinajstić information content (AvgIpc) is 2.21. The number of aromatic nitrogens is 1. The molecule has 1 saturated carbocycles. The number of anilines is 1. The number of aryl methyl sites for hydroxylation is 1. The first-order valence-corrected chi connectivity index (χ1v) is 6.60. The highest BCUT2D eigenvalue weighted by Gasteiger charge is 2.24. The minimum atomic E-state index is 0.727. The summed E-state index contributed by atoms with van der Waals surface area (Å²) in [5, 5.41) is 0. The summed E-state index contributed by atoms with van der Waals surface area (Å²) in [6, 6.07) is 5.01. The van der Waals surface area contributed by atoms with Gasteiger partial charge in [-0.1, -0.05) is 0 Å². The van der Waals surface area contributed by atoms with Gasteiger partial charge in [0.05, 0.1) is 0 Å². The fraction of sp³-hybridized carbons (Fsp3) is 0.615. The Bertz CT molecular complexity index is 336. The van der Waals surface area contributed by atoms with Crippen LogP contribution in [0.5, 0.6) is 0 Å². The third-order valence-corrected chi connectivity index (χ3v) is 3.53. The lowest BCUT2D eigenvalue weighted by Crippen LogP contribution is -2.41. The van der Waals surface area contributed by atoms with E-state index in [0.717, 1.165) is 30.6 Å². The van der Waals surface area contributed by atoms with Crippen molar-refractivity contribution in [2.75, 3.05) is 17.3 Å². The molecule has 1 aliphatic carbocycles. The highest BCUT2D eigenvalue weighted by molar-refractivity contribution is 6.17. The van der Waals surface area contributed by atoms with Gasteiger partial charge >= 0.3 is 0 Å². The summed E-state index contributed by atoms with van der Waals surface area (Å²) in [6.07, 6.45) is 6.97. The summed E-state index contributed by atoms with van der Waals surface area (Å²) in [6.45, 7) is 3.11. The number of alkyl halides is 1. The second-order valence-electron chi connectivity index (χ2n) is 4.48. The predicted octanol–water partition coefficient (Wildman–Crippen LogP) is 3.38. The summed E-state index contributed by atoms with van der Waals surface area (Å²) < 4.78 is 0. The van der Waals surface area contributed by atoms with Gasteiger partial charge in [0.15, 0.2) is 0 Å². The minimum absolute atomic E-state index is 0.727. The van der Waals surface area contributed by atoms with Crippen molar-refractivity contribution in [2.24, 2.45) is 0 Å². The summed E-state index contributed by atoms with van der Waals surface area (Å²) in [7, 11) is 0. The molecule has 1 fully saturated rings. The van der Waals surface area contributed by atoms with E-state index >= 15 is 0 Å². The zero-order chi connectivity index (χ0) is 11.4. The molecule has 1 aromatic rings. The maximum absolute atomic E-state index is 5.79. The van der Waals surface area contributed by atoms with Crippen LogP contribution in [0.4, 0.5) is 5.69 Å². The molecular formula is C13H19ClN2. The third kappa shape index (κ3) is 2.67. The molecule has 0 bridgehead atoms. The molecule has 0 unspecified atom stereocenters. The van der Waals surface area contributed by atoms with Crippen LogP contribution in [0.3, 0.4) is 0 Å². The van der Waals surface area contributed by atoms with Crippen molar-refractivity contribution < 1.29 is 0 Å². The van der Waals surface area contributed by atoms with Gasteiger partial charge in [-0.2, -0.15) is 0 Å². The molecule has 0 spiro atoms. The van der Waals surface area contributed by atoms with Crippen molar-refractivity contribution in [1.82, 2.24) is 4.98 Å². The SMILES string of the molecule is Cc1cc(N(CCCCl)C2CCC2)ccn1. The van der Waals surface area contributed by atoms with E-state index in [0.29, 0.717) is 0 Å². The predicted molar refractivity (Wildman–Crippen MR) is 69.3 cm³/mol. The van der Waals surface area contributed by atoms with Gasteiger partial charge < -0.3 is 4.90 Å². The Hall–Kier alpha value is -0.760. The Morgan fingerprint density at radius 2 is 2.31 bits per heavy atom. The van der Waals surface area contributed by atoms with E-state index in [1.807, 2.05) is 13.1 Å². The second kappa shape index (κ2) is 5.53. The van der Waals surface area contributed by atoms with Gasteiger partial charge in [0.25, 0.3) is 0 Å². The molecule has 1 aliphatic rings. The maximum atomic E-state index is 5.79. The van der Waals surface area contributed by atoms with E-state index < -0.39 is 0 Å². The van der Waals surface area contributed by atoms with Crippen LogP contribution in [0.1, 0.15) is 31.4 Å². The van der Waals surface area contributed by atoms with Crippen LogP contribution < -0.4 is 4.90 Å². The van der Waals surface area contributed by atoms with Crippen LogP contribution in [0.2, 0.25) is 0 Å². The van der Waals surface area contributed by atoms with Crippen molar-refractivity contribution >= 4 is 17.3 Å².